The summed E-state index contributed by atoms with van der Waals surface area (Å²) in [5.74, 6) is -0.524. The van der Waals surface area contributed by atoms with Crippen LogP contribution in [0.15, 0.2) is 16.6 Å². The van der Waals surface area contributed by atoms with E-state index in [-0.39, 0.29) is 13.3 Å². The standard InChI is InChI=1S/C12H9BrN2O5/c1-14-10(16)11(17)15(12(14)18)4-6-2-8-9(3-7(6)13)20-5-19-8/h2-3H,4-5H2,1H3. The highest BCUT2D eigenvalue weighted by Crippen LogP contribution is 2.37. The normalized spacial score (nSPS) is 17.4. The fraction of sp³-hybridized carbons (Fsp3) is 0.250. The van der Waals surface area contributed by atoms with Crippen molar-refractivity contribution in [3.63, 3.8) is 0 Å². The predicted octanol–water partition coefficient (Wildman–Crippen LogP) is 1.10. The first-order chi connectivity index (χ1) is 9.49. The number of imide groups is 2. The highest BCUT2D eigenvalue weighted by atomic mass is 79.9. The summed E-state index contributed by atoms with van der Waals surface area (Å²) in [6, 6.07) is 2.74. The van der Waals surface area contributed by atoms with Gasteiger partial charge in [-0.3, -0.25) is 19.4 Å². The number of likely N-dealkylation sites (N-methyl/N-ethyl adjacent to an activating group) is 1. The van der Waals surface area contributed by atoms with Crippen LogP contribution in [0.3, 0.4) is 0 Å². The van der Waals surface area contributed by atoms with E-state index in [0.29, 0.717) is 21.5 Å². The molecule has 1 aromatic carbocycles. The molecular formula is C12H9BrN2O5. The second-order valence-corrected chi connectivity index (χ2v) is 5.19. The molecule has 1 saturated heterocycles. The Balaban J connectivity index is 1.91. The Morgan fingerprint density at radius 3 is 2.40 bits per heavy atom. The van der Waals surface area contributed by atoms with E-state index in [2.05, 4.69) is 15.9 Å². The van der Waals surface area contributed by atoms with Crippen molar-refractivity contribution >= 4 is 33.8 Å². The maximum Gasteiger partial charge on any atom is 0.334 e. The first kappa shape index (κ1) is 12.9. The zero-order valence-corrected chi connectivity index (χ0v) is 12.0. The zero-order chi connectivity index (χ0) is 14.4. The number of benzene rings is 1. The topological polar surface area (TPSA) is 76.2 Å². The third kappa shape index (κ3) is 1.83. The molecule has 0 radical (unpaired) electrons. The van der Waals surface area contributed by atoms with E-state index in [1.165, 1.54) is 7.05 Å². The summed E-state index contributed by atoms with van der Waals surface area (Å²) in [5.41, 5.74) is 0.652. The first-order valence-corrected chi connectivity index (χ1v) is 6.50. The van der Waals surface area contributed by atoms with Crippen molar-refractivity contribution in [1.29, 1.82) is 0 Å². The number of nitrogens with zero attached hydrogens (tertiary/aromatic N) is 2. The highest BCUT2D eigenvalue weighted by Gasteiger charge is 2.42. The van der Waals surface area contributed by atoms with Crippen molar-refractivity contribution in [1.82, 2.24) is 9.80 Å². The lowest BCUT2D eigenvalue weighted by Crippen LogP contribution is -2.31. The van der Waals surface area contributed by atoms with E-state index < -0.39 is 17.8 Å². The second kappa shape index (κ2) is 4.48. The monoisotopic (exact) mass is 340 g/mol. The number of amides is 4. The molecule has 4 amide bonds. The maximum atomic E-state index is 11.8. The van der Waals surface area contributed by atoms with Crippen LogP contribution in [0, 0.1) is 0 Å². The van der Waals surface area contributed by atoms with Gasteiger partial charge in [-0.2, -0.15) is 0 Å². The van der Waals surface area contributed by atoms with Gasteiger partial charge in [-0.05, 0) is 17.7 Å². The van der Waals surface area contributed by atoms with E-state index in [1.807, 2.05) is 0 Å². The van der Waals surface area contributed by atoms with Gasteiger partial charge < -0.3 is 9.47 Å². The van der Waals surface area contributed by atoms with Crippen LogP contribution in [0.2, 0.25) is 0 Å². The van der Waals surface area contributed by atoms with E-state index in [9.17, 15) is 14.4 Å². The van der Waals surface area contributed by atoms with Gasteiger partial charge in [0.25, 0.3) is 0 Å². The van der Waals surface area contributed by atoms with Crippen LogP contribution >= 0.6 is 15.9 Å². The van der Waals surface area contributed by atoms with Crippen LogP contribution < -0.4 is 9.47 Å². The second-order valence-electron chi connectivity index (χ2n) is 4.33. The Morgan fingerprint density at radius 2 is 1.80 bits per heavy atom. The summed E-state index contributed by atoms with van der Waals surface area (Å²) < 4.78 is 11.1. The van der Waals surface area contributed by atoms with Crippen molar-refractivity contribution in [3.8, 4) is 11.5 Å². The van der Waals surface area contributed by atoms with Gasteiger partial charge in [0, 0.05) is 11.5 Å². The summed E-state index contributed by atoms with van der Waals surface area (Å²) in [5, 5.41) is 0. The molecule has 0 saturated carbocycles. The molecule has 0 bridgehead atoms. The number of ether oxygens (including phenoxy) is 2. The Morgan fingerprint density at radius 1 is 1.15 bits per heavy atom. The molecule has 8 heteroatoms. The van der Waals surface area contributed by atoms with Crippen molar-refractivity contribution in [2.75, 3.05) is 13.8 Å². The van der Waals surface area contributed by atoms with Crippen molar-refractivity contribution in [2.24, 2.45) is 0 Å². The number of carbonyl (C=O) groups excluding carboxylic acids is 3. The van der Waals surface area contributed by atoms with E-state index in [1.54, 1.807) is 12.1 Å². The van der Waals surface area contributed by atoms with Crippen molar-refractivity contribution in [3.05, 3.63) is 22.2 Å². The van der Waals surface area contributed by atoms with Gasteiger partial charge in [0.15, 0.2) is 11.5 Å². The molecule has 0 aromatic heterocycles. The molecule has 2 heterocycles. The third-order valence-corrected chi connectivity index (χ3v) is 3.86. The third-order valence-electron chi connectivity index (χ3n) is 3.12. The van der Waals surface area contributed by atoms with Crippen LogP contribution in [-0.4, -0.2) is 41.5 Å². The summed E-state index contributed by atoms with van der Waals surface area (Å²) in [4.78, 5) is 36.7. The van der Waals surface area contributed by atoms with Crippen LogP contribution in [0.1, 0.15) is 5.56 Å². The summed E-state index contributed by atoms with van der Waals surface area (Å²) >= 11 is 3.34. The molecule has 0 aliphatic carbocycles. The molecule has 3 rings (SSSR count). The molecule has 0 N–H and O–H groups in total. The SMILES string of the molecule is CN1C(=O)C(=O)N(Cc2cc3c(cc2Br)OCO3)C1=O. The Bertz CT molecular complexity index is 645. The van der Waals surface area contributed by atoms with Gasteiger partial charge in [-0.25, -0.2) is 4.79 Å². The molecule has 0 atom stereocenters. The zero-order valence-electron chi connectivity index (χ0n) is 10.4. The molecule has 1 fully saturated rings. The molecule has 104 valence electrons. The largest absolute Gasteiger partial charge is 0.454 e. The lowest BCUT2D eigenvalue weighted by Gasteiger charge is -2.14. The first-order valence-electron chi connectivity index (χ1n) is 5.70. The Kier molecular flexibility index (Phi) is 2.89. The highest BCUT2D eigenvalue weighted by molar-refractivity contribution is 9.10. The van der Waals surface area contributed by atoms with Crippen LogP contribution in [0.25, 0.3) is 0 Å². The van der Waals surface area contributed by atoms with Gasteiger partial charge in [0.05, 0.1) is 6.54 Å². The molecule has 0 spiro atoms. The van der Waals surface area contributed by atoms with E-state index in [4.69, 9.17) is 9.47 Å². The van der Waals surface area contributed by atoms with Gasteiger partial charge in [-0.15, -0.1) is 0 Å². The van der Waals surface area contributed by atoms with Crippen molar-refractivity contribution in [2.45, 2.75) is 6.54 Å². The smallest absolute Gasteiger partial charge is 0.334 e. The maximum absolute atomic E-state index is 11.8. The Labute approximate surface area is 122 Å². The minimum Gasteiger partial charge on any atom is -0.454 e. The van der Waals surface area contributed by atoms with Gasteiger partial charge >= 0.3 is 17.8 Å². The summed E-state index contributed by atoms with van der Waals surface area (Å²) in [6.45, 7) is 0.124. The number of halogens is 1. The minimum atomic E-state index is -0.831. The summed E-state index contributed by atoms with van der Waals surface area (Å²) in [7, 11) is 1.28. The minimum absolute atomic E-state index is 0.00896. The number of carbonyl (C=O) groups is 3. The van der Waals surface area contributed by atoms with E-state index in [0.717, 1.165) is 9.80 Å². The van der Waals surface area contributed by atoms with E-state index >= 15 is 0 Å². The fourth-order valence-electron chi connectivity index (χ4n) is 2.00. The summed E-state index contributed by atoms with van der Waals surface area (Å²) in [6.07, 6.45) is 0. The number of hydrogen-bond acceptors (Lipinski definition) is 5. The van der Waals surface area contributed by atoms with Gasteiger partial charge in [0.2, 0.25) is 6.79 Å². The van der Waals surface area contributed by atoms with Gasteiger partial charge in [-0.1, -0.05) is 15.9 Å². The molecule has 0 unspecified atom stereocenters. The van der Waals surface area contributed by atoms with Gasteiger partial charge in [0.1, 0.15) is 0 Å². The average Bonchev–Trinajstić information content (AvgIpc) is 2.94. The number of rotatable bonds is 2. The van der Waals surface area contributed by atoms with Crippen molar-refractivity contribution < 1.29 is 23.9 Å². The Hall–Kier alpha value is -2.09. The molecule has 1 aromatic rings. The van der Waals surface area contributed by atoms with Crippen LogP contribution in [0.5, 0.6) is 11.5 Å². The molecular weight excluding hydrogens is 332 g/mol. The lowest BCUT2D eigenvalue weighted by molar-refractivity contribution is -0.143. The predicted molar refractivity (Wildman–Crippen MR) is 69.0 cm³/mol. The molecule has 7 nitrogen and oxygen atoms in total. The molecule has 2 aliphatic heterocycles. The molecule has 20 heavy (non-hydrogen) atoms. The number of urea groups is 1. The number of fused-ring (bicyclic) bond motifs is 1. The average molecular weight is 341 g/mol. The van der Waals surface area contributed by atoms with Crippen LogP contribution in [0.4, 0.5) is 4.79 Å². The fourth-order valence-corrected chi connectivity index (χ4v) is 2.45. The van der Waals surface area contributed by atoms with Crippen LogP contribution in [-0.2, 0) is 16.1 Å². The number of hydrogen-bond donors (Lipinski definition) is 0. The molecule has 2 aliphatic rings. The lowest BCUT2D eigenvalue weighted by atomic mass is 10.2. The quantitative estimate of drug-likeness (QED) is 0.595.